The lowest BCUT2D eigenvalue weighted by Gasteiger charge is -2.36. The van der Waals surface area contributed by atoms with Crippen molar-refractivity contribution in [3.05, 3.63) is 83.7 Å². The lowest BCUT2D eigenvalue weighted by Crippen LogP contribution is -2.42. The highest BCUT2D eigenvalue weighted by Crippen LogP contribution is 2.37. The van der Waals surface area contributed by atoms with Crippen molar-refractivity contribution in [2.75, 3.05) is 13.7 Å². The Labute approximate surface area is 159 Å². The molecule has 0 spiro atoms. The first-order valence-electron chi connectivity index (χ1n) is 8.89. The van der Waals surface area contributed by atoms with Gasteiger partial charge in [0.05, 0.1) is 18.0 Å². The van der Waals surface area contributed by atoms with Gasteiger partial charge in [0.2, 0.25) is 10.0 Å². The third-order valence-electron chi connectivity index (χ3n) is 5.08. The number of rotatable bonds is 4. The van der Waals surface area contributed by atoms with Gasteiger partial charge in [-0.3, -0.25) is 0 Å². The molecule has 0 amide bonds. The Morgan fingerprint density at radius 2 is 1.78 bits per heavy atom. The van der Waals surface area contributed by atoms with Crippen LogP contribution in [0.15, 0.2) is 71.8 Å². The molecule has 0 N–H and O–H groups in total. The number of methoxy groups -OCH3 is 1. The van der Waals surface area contributed by atoms with E-state index in [0.717, 1.165) is 16.8 Å². The lowest BCUT2D eigenvalue weighted by molar-refractivity contribution is 0.298. The van der Waals surface area contributed by atoms with Gasteiger partial charge in [-0.25, -0.2) is 8.42 Å². The van der Waals surface area contributed by atoms with Crippen LogP contribution in [0.3, 0.4) is 0 Å². The summed E-state index contributed by atoms with van der Waals surface area (Å²) in [6.45, 7) is 2.92. The van der Waals surface area contributed by atoms with Gasteiger partial charge in [-0.1, -0.05) is 30.3 Å². The molecule has 4 rings (SSSR count). The van der Waals surface area contributed by atoms with E-state index in [4.69, 9.17) is 4.74 Å². The van der Waals surface area contributed by atoms with Gasteiger partial charge in [-0.15, -0.1) is 0 Å². The molecule has 0 saturated heterocycles. The highest BCUT2D eigenvalue weighted by molar-refractivity contribution is 7.89. The minimum Gasteiger partial charge on any atom is -0.496 e. The van der Waals surface area contributed by atoms with Gasteiger partial charge in [0.15, 0.2) is 0 Å². The number of ether oxygens (including phenoxy) is 1. The molecule has 3 aromatic rings. The molecule has 140 valence electrons. The minimum absolute atomic E-state index is 0.293. The summed E-state index contributed by atoms with van der Waals surface area (Å²) >= 11 is 0. The van der Waals surface area contributed by atoms with Crippen LogP contribution in [0.4, 0.5) is 0 Å². The van der Waals surface area contributed by atoms with Crippen LogP contribution in [0.2, 0.25) is 0 Å². The van der Waals surface area contributed by atoms with E-state index < -0.39 is 10.0 Å². The minimum atomic E-state index is -3.66. The monoisotopic (exact) mass is 382 g/mol. The second kappa shape index (κ2) is 6.87. The van der Waals surface area contributed by atoms with Crippen LogP contribution in [-0.4, -0.2) is 30.9 Å². The standard InChI is InChI=1S/C21H22N2O3S/c1-16-15-18(10-11-20(16)26-2)27(24,25)23-14-13-22-12-6-9-19(22)21(23)17-7-4-3-5-8-17/h3-12,15,21H,13-14H2,1-2H3/t21-/m1/s1. The number of hydrogen-bond acceptors (Lipinski definition) is 3. The predicted octanol–water partition coefficient (Wildman–Crippen LogP) is 3.60. The van der Waals surface area contributed by atoms with Crippen LogP contribution in [0.5, 0.6) is 5.75 Å². The Kier molecular flexibility index (Phi) is 4.53. The molecule has 1 atom stereocenters. The average Bonchev–Trinajstić information content (AvgIpc) is 3.16. The maximum absolute atomic E-state index is 13.5. The molecule has 1 aromatic heterocycles. The average molecular weight is 382 g/mol. The van der Waals surface area contributed by atoms with E-state index in [1.807, 2.05) is 55.6 Å². The number of sulfonamides is 1. The van der Waals surface area contributed by atoms with Crippen molar-refractivity contribution in [2.45, 2.75) is 24.4 Å². The maximum Gasteiger partial charge on any atom is 0.244 e. The molecule has 2 heterocycles. The predicted molar refractivity (Wildman–Crippen MR) is 104 cm³/mol. The van der Waals surface area contributed by atoms with Crippen LogP contribution < -0.4 is 4.74 Å². The zero-order chi connectivity index (χ0) is 19.0. The van der Waals surface area contributed by atoms with Crippen molar-refractivity contribution < 1.29 is 13.2 Å². The normalized spacial score (nSPS) is 17.5. The number of benzene rings is 2. The van der Waals surface area contributed by atoms with Gasteiger partial charge in [0.25, 0.3) is 0 Å². The molecule has 6 heteroatoms. The van der Waals surface area contributed by atoms with Gasteiger partial charge in [0, 0.05) is 25.0 Å². The number of aromatic nitrogens is 1. The van der Waals surface area contributed by atoms with Crippen molar-refractivity contribution in [3.63, 3.8) is 0 Å². The number of fused-ring (bicyclic) bond motifs is 1. The van der Waals surface area contributed by atoms with E-state index in [1.165, 1.54) is 0 Å². The van der Waals surface area contributed by atoms with E-state index in [-0.39, 0.29) is 6.04 Å². The number of nitrogens with zero attached hydrogens (tertiary/aromatic N) is 2. The topological polar surface area (TPSA) is 51.5 Å². The van der Waals surface area contributed by atoms with E-state index >= 15 is 0 Å². The fourth-order valence-corrected chi connectivity index (χ4v) is 5.41. The number of aryl methyl sites for hydroxylation is 1. The summed E-state index contributed by atoms with van der Waals surface area (Å²) in [6.07, 6.45) is 2.01. The summed E-state index contributed by atoms with van der Waals surface area (Å²) in [4.78, 5) is 0.293. The molecule has 0 unspecified atom stereocenters. The Bertz CT molecular complexity index is 1060. The third kappa shape index (κ3) is 3.05. The van der Waals surface area contributed by atoms with Gasteiger partial charge < -0.3 is 9.30 Å². The SMILES string of the molecule is COc1ccc(S(=O)(=O)N2CCn3cccc3[C@H]2c2ccccc2)cc1C. The smallest absolute Gasteiger partial charge is 0.244 e. The first kappa shape index (κ1) is 17.8. The van der Waals surface area contributed by atoms with Gasteiger partial charge >= 0.3 is 0 Å². The lowest BCUT2D eigenvalue weighted by atomic mass is 10.0. The number of hydrogen-bond donors (Lipinski definition) is 0. The Balaban J connectivity index is 1.82. The zero-order valence-electron chi connectivity index (χ0n) is 15.4. The Hall–Kier alpha value is -2.57. The summed E-state index contributed by atoms with van der Waals surface area (Å²) in [7, 11) is -2.08. The summed E-state index contributed by atoms with van der Waals surface area (Å²) < 4.78 is 36.1. The van der Waals surface area contributed by atoms with Crippen molar-refractivity contribution in [1.29, 1.82) is 0 Å². The first-order valence-corrected chi connectivity index (χ1v) is 10.3. The second-order valence-electron chi connectivity index (χ2n) is 6.69. The molecule has 1 aliphatic heterocycles. The molecule has 0 bridgehead atoms. The molecule has 0 fully saturated rings. The fraction of sp³-hybridized carbons (Fsp3) is 0.238. The fourth-order valence-electron chi connectivity index (χ4n) is 3.74. The first-order chi connectivity index (χ1) is 13.0. The second-order valence-corrected chi connectivity index (χ2v) is 8.58. The van der Waals surface area contributed by atoms with Crippen molar-refractivity contribution in [1.82, 2.24) is 8.87 Å². The van der Waals surface area contributed by atoms with E-state index in [9.17, 15) is 8.42 Å². The van der Waals surface area contributed by atoms with Crippen molar-refractivity contribution in [3.8, 4) is 5.75 Å². The van der Waals surface area contributed by atoms with Crippen LogP contribution in [0, 0.1) is 6.92 Å². The summed E-state index contributed by atoms with van der Waals surface area (Å²) in [6, 6.07) is 18.4. The molecule has 2 aromatic carbocycles. The molecule has 5 nitrogen and oxygen atoms in total. The molecule has 0 saturated carbocycles. The molecule has 0 aliphatic carbocycles. The molecular weight excluding hydrogens is 360 g/mol. The van der Waals surface area contributed by atoms with Crippen LogP contribution in [0.25, 0.3) is 0 Å². The largest absolute Gasteiger partial charge is 0.496 e. The summed E-state index contributed by atoms with van der Waals surface area (Å²) in [5.74, 6) is 0.682. The Morgan fingerprint density at radius 3 is 2.48 bits per heavy atom. The van der Waals surface area contributed by atoms with Gasteiger partial charge in [-0.05, 0) is 48.4 Å². The summed E-state index contributed by atoms with van der Waals surface area (Å²) in [5.41, 5.74) is 2.75. The molecule has 1 aliphatic rings. The van der Waals surface area contributed by atoms with Crippen molar-refractivity contribution >= 4 is 10.0 Å². The highest BCUT2D eigenvalue weighted by Gasteiger charge is 2.37. The van der Waals surface area contributed by atoms with E-state index in [2.05, 4.69) is 4.57 Å². The summed E-state index contributed by atoms with van der Waals surface area (Å²) in [5, 5.41) is 0. The molecule has 0 radical (unpaired) electrons. The van der Waals surface area contributed by atoms with Crippen LogP contribution in [-0.2, 0) is 16.6 Å². The van der Waals surface area contributed by atoms with E-state index in [1.54, 1.807) is 29.6 Å². The molecular formula is C21H22N2O3S. The maximum atomic E-state index is 13.5. The van der Waals surface area contributed by atoms with Crippen LogP contribution in [0.1, 0.15) is 22.9 Å². The Morgan fingerprint density at radius 1 is 1.00 bits per heavy atom. The van der Waals surface area contributed by atoms with Crippen LogP contribution >= 0.6 is 0 Å². The zero-order valence-corrected chi connectivity index (χ0v) is 16.2. The highest BCUT2D eigenvalue weighted by atomic mass is 32.2. The van der Waals surface area contributed by atoms with Gasteiger partial charge in [0.1, 0.15) is 5.75 Å². The third-order valence-corrected chi connectivity index (χ3v) is 6.94. The van der Waals surface area contributed by atoms with Crippen molar-refractivity contribution in [2.24, 2.45) is 0 Å². The van der Waals surface area contributed by atoms with E-state index in [0.29, 0.717) is 23.7 Å². The molecule has 27 heavy (non-hydrogen) atoms. The van der Waals surface area contributed by atoms with Gasteiger partial charge in [-0.2, -0.15) is 4.31 Å². The quantitative estimate of drug-likeness (QED) is 0.693.